The van der Waals surface area contributed by atoms with Crippen LogP contribution in [0.2, 0.25) is 0 Å². The molecule has 1 aliphatic rings. The van der Waals surface area contributed by atoms with Crippen LogP contribution in [-0.2, 0) is 9.53 Å². The van der Waals surface area contributed by atoms with Crippen LogP contribution in [0.5, 0.6) is 0 Å². The zero-order valence-corrected chi connectivity index (χ0v) is 10.6. The highest BCUT2D eigenvalue weighted by molar-refractivity contribution is 5.77. The summed E-state index contributed by atoms with van der Waals surface area (Å²) < 4.78 is 5.13. The minimum atomic E-state index is -0.218. The van der Waals surface area contributed by atoms with Crippen molar-refractivity contribution in [3.63, 3.8) is 0 Å². The van der Waals surface area contributed by atoms with Crippen LogP contribution in [0.3, 0.4) is 0 Å². The Morgan fingerprint density at radius 3 is 2.65 bits per heavy atom. The number of hydrogen-bond acceptors (Lipinski definition) is 4. The number of methoxy groups -OCH3 is 1. The summed E-state index contributed by atoms with van der Waals surface area (Å²) in [5.74, 6) is 0.0447. The maximum Gasteiger partial charge on any atom is 0.225 e. The van der Waals surface area contributed by atoms with Gasteiger partial charge in [-0.2, -0.15) is 0 Å². The molecule has 0 spiro atoms. The van der Waals surface area contributed by atoms with E-state index in [-0.39, 0.29) is 18.6 Å². The van der Waals surface area contributed by atoms with Crippen molar-refractivity contribution in [3.05, 3.63) is 0 Å². The third-order valence-corrected chi connectivity index (χ3v) is 3.43. The topological polar surface area (TPSA) is 75.8 Å². The molecule has 0 aromatic rings. The first-order valence-electron chi connectivity index (χ1n) is 6.36. The Morgan fingerprint density at radius 1 is 1.53 bits per heavy atom. The average Bonchev–Trinajstić information content (AvgIpc) is 2.86. The van der Waals surface area contributed by atoms with E-state index in [9.17, 15) is 4.79 Å². The van der Waals surface area contributed by atoms with Gasteiger partial charge >= 0.3 is 0 Å². The molecule has 0 bridgehead atoms. The second-order valence-corrected chi connectivity index (χ2v) is 4.55. The molecule has 1 rings (SSSR count). The fraction of sp³-hybridized carbons (Fsp3) is 0.917. The molecule has 0 heterocycles. The first-order valence-corrected chi connectivity index (χ1v) is 6.36. The van der Waals surface area contributed by atoms with E-state index in [1.807, 2.05) is 0 Å². The average molecular weight is 244 g/mol. The molecule has 1 unspecified atom stereocenters. The second kappa shape index (κ2) is 7.63. The summed E-state index contributed by atoms with van der Waals surface area (Å²) in [6.45, 7) is 0.785. The molecule has 5 nitrogen and oxygen atoms in total. The molecule has 3 N–H and O–H groups in total. The van der Waals surface area contributed by atoms with Crippen LogP contribution in [0.15, 0.2) is 0 Å². The molecule has 1 atom stereocenters. The fourth-order valence-electron chi connectivity index (χ4n) is 2.41. The quantitative estimate of drug-likeness (QED) is 0.666. The number of hydrogen-bond donors (Lipinski definition) is 2. The van der Waals surface area contributed by atoms with Gasteiger partial charge in [-0.25, -0.2) is 0 Å². The molecule has 17 heavy (non-hydrogen) atoms. The smallest absolute Gasteiger partial charge is 0.225 e. The van der Waals surface area contributed by atoms with Gasteiger partial charge in [0.25, 0.3) is 0 Å². The van der Waals surface area contributed by atoms with Gasteiger partial charge in [0.2, 0.25) is 5.91 Å². The van der Waals surface area contributed by atoms with Gasteiger partial charge in [0.15, 0.2) is 0 Å². The minimum absolute atomic E-state index is 0.0164. The highest BCUT2D eigenvalue weighted by Crippen LogP contribution is 2.24. The van der Waals surface area contributed by atoms with Crippen LogP contribution >= 0.6 is 0 Å². The third kappa shape index (κ3) is 4.26. The lowest BCUT2D eigenvalue weighted by atomic mass is 10.1. The number of aliphatic hydroxyl groups excluding tert-OH is 1. The zero-order valence-electron chi connectivity index (χ0n) is 10.6. The lowest BCUT2D eigenvalue weighted by molar-refractivity contribution is -0.136. The summed E-state index contributed by atoms with van der Waals surface area (Å²) in [5.41, 5.74) is 5.51. The maximum absolute atomic E-state index is 12.1. The predicted molar refractivity (Wildman–Crippen MR) is 65.5 cm³/mol. The molecule has 1 saturated carbocycles. The van der Waals surface area contributed by atoms with Crippen molar-refractivity contribution in [3.8, 4) is 0 Å². The van der Waals surface area contributed by atoms with E-state index in [1.165, 1.54) is 12.8 Å². The Kier molecular flexibility index (Phi) is 6.47. The maximum atomic E-state index is 12.1. The van der Waals surface area contributed by atoms with E-state index < -0.39 is 0 Å². The molecular formula is C12H24N2O3. The summed E-state index contributed by atoms with van der Waals surface area (Å²) in [7, 11) is 1.57. The number of carbonyl (C=O) groups excluding carboxylic acids is 1. The van der Waals surface area contributed by atoms with Crippen molar-refractivity contribution in [2.45, 2.75) is 44.2 Å². The van der Waals surface area contributed by atoms with Gasteiger partial charge in [-0.3, -0.25) is 4.79 Å². The predicted octanol–water partition coefficient (Wildman–Crippen LogP) is 0.114. The van der Waals surface area contributed by atoms with E-state index in [0.717, 1.165) is 12.8 Å². The van der Waals surface area contributed by atoms with Gasteiger partial charge in [0, 0.05) is 26.2 Å². The lowest BCUT2D eigenvalue weighted by Crippen LogP contribution is -2.43. The Labute approximate surface area is 103 Å². The monoisotopic (exact) mass is 244 g/mol. The van der Waals surface area contributed by atoms with E-state index in [1.54, 1.807) is 12.0 Å². The summed E-state index contributed by atoms with van der Waals surface area (Å²) in [4.78, 5) is 13.9. The standard InChI is InChI=1S/C12H24N2O3/c1-17-11(9-13)8-12(16)14(6-7-15)10-4-2-3-5-10/h10-11,15H,2-9,13H2,1H3. The summed E-state index contributed by atoms with van der Waals surface area (Å²) >= 11 is 0. The molecule has 0 aliphatic heterocycles. The van der Waals surface area contributed by atoms with Crippen molar-refractivity contribution < 1.29 is 14.6 Å². The normalized spacial score (nSPS) is 18.3. The van der Waals surface area contributed by atoms with Crippen molar-refractivity contribution in [2.24, 2.45) is 5.73 Å². The van der Waals surface area contributed by atoms with Gasteiger partial charge in [0.1, 0.15) is 0 Å². The van der Waals surface area contributed by atoms with Gasteiger partial charge < -0.3 is 20.5 Å². The SMILES string of the molecule is COC(CN)CC(=O)N(CCO)C1CCCC1. The number of nitrogens with two attached hydrogens (primary N) is 1. The number of aliphatic hydroxyl groups is 1. The van der Waals surface area contributed by atoms with Gasteiger partial charge in [-0.1, -0.05) is 12.8 Å². The highest BCUT2D eigenvalue weighted by Gasteiger charge is 2.27. The Hall–Kier alpha value is -0.650. The number of rotatable bonds is 7. The molecule has 0 aromatic carbocycles. The van der Waals surface area contributed by atoms with Gasteiger partial charge in [-0.05, 0) is 12.8 Å². The first kappa shape index (κ1) is 14.4. The van der Waals surface area contributed by atoms with Crippen LogP contribution in [0.4, 0.5) is 0 Å². The van der Waals surface area contributed by atoms with E-state index in [0.29, 0.717) is 25.6 Å². The van der Waals surface area contributed by atoms with Crippen LogP contribution in [-0.4, -0.2) is 54.9 Å². The molecule has 0 aromatic heterocycles. The summed E-state index contributed by atoms with van der Waals surface area (Å²) in [6, 6.07) is 0.296. The second-order valence-electron chi connectivity index (χ2n) is 4.55. The van der Waals surface area contributed by atoms with Crippen LogP contribution in [0.1, 0.15) is 32.1 Å². The van der Waals surface area contributed by atoms with Crippen molar-refractivity contribution >= 4 is 5.91 Å². The number of carbonyl (C=O) groups is 1. The number of ether oxygens (including phenoxy) is 1. The van der Waals surface area contributed by atoms with E-state index >= 15 is 0 Å². The van der Waals surface area contributed by atoms with Crippen molar-refractivity contribution in [1.29, 1.82) is 0 Å². The van der Waals surface area contributed by atoms with E-state index in [4.69, 9.17) is 15.6 Å². The molecule has 1 fully saturated rings. The third-order valence-electron chi connectivity index (χ3n) is 3.43. The van der Waals surface area contributed by atoms with E-state index in [2.05, 4.69) is 0 Å². The van der Waals surface area contributed by atoms with Crippen LogP contribution < -0.4 is 5.73 Å². The van der Waals surface area contributed by atoms with Crippen molar-refractivity contribution in [1.82, 2.24) is 4.90 Å². The molecule has 1 aliphatic carbocycles. The minimum Gasteiger partial charge on any atom is -0.395 e. The largest absolute Gasteiger partial charge is 0.395 e. The Bertz CT molecular complexity index is 226. The number of nitrogens with zero attached hydrogens (tertiary/aromatic N) is 1. The summed E-state index contributed by atoms with van der Waals surface area (Å²) in [6.07, 6.45) is 4.53. The Morgan fingerprint density at radius 2 is 2.18 bits per heavy atom. The fourth-order valence-corrected chi connectivity index (χ4v) is 2.41. The highest BCUT2D eigenvalue weighted by atomic mass is 16.5. The lowest BCUT2D eigenvalue weighted by Gasteiger charge is -2.29. The van der Waals surface area contributed by atoms with Crippen LogP contribution in [0.25, 0.3) is 0 Å². The molecule has 100 valence electrons. The molecule has 0 radical (unpaired) electrons. The van der Waals surface area contributed by atoms with Gasteiger partial charge in [0.05, 0.1) is 19.1 Å². The molecule has 5 heteroatoms. The molecule has 0 saturated heterocycles. The Balaban J connectivity index is 2.53. The summed E-state index contributed by atoms with van der Waals surface area (Å²) in [5, 5.41) is 9.04. The first-order chi connectivity index (χ1) is 8.22. The molecule has 1 amide bonds. The zero-order chi connectivity index (χ0) is 12.7. The number of amides is 1. The van der Waals surface area contributed by atoms with Crippen molar-refractivity contribution in [2.75, 3.05) is 26.8 Å². The van der Waals surface area contributed by atoms with Crippen LogP contribution in [0, 0.1) is 0 Å². The van der Waals surface area contributed by atoms with Gasteiger partial charge in [-0.15, -0.1) is 0 Å². The molecular weight excluding hydrogens is 220 g/mol.